The number of methoxy groups -OCH3 is 1. The largest absolute Gasteiger partial charge is 0.483 e. The van der Waals surface area contributed by atoms with Crippen LogP contribution in [-0.4, -0.2) is 69.1 Å². The third-order valence-corrected chi connectivity index (χ3v) is 4.77. The number of hydrogen-bond acceptors (Lipinski definition) is 8. The van der Waals surface area contributed by atoms with E-state index in [-0.39, 0.29) is 12.4 Å². The summed E-state index contributed by atoms with van der Waals surface area (Å²) < 4.78 is 12.2. The fraction of sp³-hybridized carbons (Fsp3) is 0.200. The summed E-state index contributed by atoms with van der Waals surface area (Å²) in [6, 6.07) is 14.6. The van der Waals surface area contributed by atoms with Crippen LogP contribution in [0.3, 0.4) is 0 Å². The van der Waals surface area contributed by atoms with Crippen molar-refractivity contribution in [3.05, 3.63) is 79.0 Å². The predicted molar refractivity (Wildman–Crippen MR) is 132 cm³/mol. The highest BCUT2D eigenvalue weighted by Gasteiger charge is 2.17. The maximum atomic E-state index is 13.0. The van der Waals surface area contributed by atoms with Gasteiger partial charge < -0.3 is 19.9 Å². The molecule has 11 nitrogen and oxygen atoms in total. The lowest BCUT2D eigenvalue weighted by molar-refractivity contribution is -0.122. The summed E-state index contributed by atoms with van der Waals surface area (Å²) in [5, 5.41) is 14.4. The van der Waals surface area contributed by atoms with Crippen molar-refractivity contribution < 1.29 is 24.2 Å². The number of nitrogens with one attached hydrogen (secondary N) is 1. The van der Waals surface area contributed by atoms with Crippen molar-refractivity contribution in [3.8, 4) is 22.6 Å². The van der Waals surface area contributed by atoms with E-state index in [1.165, 1.54) is 0 Å². The molecule has 2 N–H and O–H groups in total. The maximum Gasteiger partial charge on any atom is 0.290 e. The minimum atomic E-state index is -0.334. The van der Waals surface area contributed by atoms with Gasteiger partial charge in [0.25, 0.3) is 12.4 Å². The van der Waals surface area contributed by atoms with Gasteiger partial charge in [0.1, 0.15) is 11.4 Å². The molecule has 186 valence electrons. The van der Waals surface area contributed by atoms with Crippen molar-refractivity contribution in [2.24, 2.45) is 0 Å². The van der Waals surface area contributed by atoms with Crippen LogP contribution < -0.4 is 5.32 Å². The van der Waals surface area contributed by atoms with Gasteiger partial charge in [0, 0.05) is 37.5 Å². The number of pyridine rings is 3. The highest BCUT2D eigenvalue weighted by atomic mass is 16.5. The van der Waals surface area contributed by atoms with Crippen LogP contribution in [0, 0.1) is 0 Å². The Balaban J connectivity index is 0.00000115. The molecule has 0 atom stereocenters. The Labute approximate surface area is 207 Å². The Kier molecular flexibility index (Phi) is 10.2. The number of aromatic nitrogens is 5. The Bertz CT molecular complexity index is 1230. The average Bonchev–Trinajstić information content (AvgIpc) is 3.32. The molecule has 0 bridgehead atoms. The summed E-state index contributed by atoms with van der Waals surface area (Å²) in [4.78, 5) is 34.3. The summed E-state index contributed by atoms with van der Waals surface area (Å²) in [7, 11) is 1.63. The third kappa shape index (κ3) is 7.52. The SMILES string of the molecule is COCCOCCn1cc(NC(=O)c2cccc(-c3ccncc3)n2)c(-c2ccccn2)n1.O=CO. The lowest BCUT2D eigenvalue weighted by Crippen LogP contribution is -2.14. The molecule has 4 heterocycles. The van der Waals surface area contributed by atoms with Crippen LogP contribution in [-0.2, 0) is 20.8 Å². The molecule has 0 aromatic carbocycles. The molecule has 11 heteroatoms. The molecule has 0 saturated carbocycles. The van der Waals surface area contributed by atoms with Crippen molar-refractivity contribution in [2.45, 2.75) is 6.54 Å². The second-order valence-electron chi connectivity index (χ2n) is 7.18. The van der Waals surface area contributed by atoms with Crippen molar-refractivity contribution in [1.82, 2.24) is 24.7 Å². The first-order chi connectivity index (χ1) is 17.7. The maximum absolute atomic E-state index is 13.0. The van der Waals surface area contributed by atoms with Gasteiger partial charge in [-0.3, -0.25) is 24.2 Å². The number of amides is 1. The second kappa shape index (κ2) is 14.0. The third-order valence-electron chi connectivity index (χ3n) is 4.77. The number of nitrogens with zero attached hydrogens (tertiary/aromatic N) is 5. The van der Waals surface area contributed by atoms with Gasteiger partial charge in [0.2, 0.25) is 0 Å². The molecule has 0 aliphatic heterocycles. The first kappa shape index (κ1) is 26.1. The molecular weight excluding hydrogens is 464 g/mol. The van der Waals surface area contributed by atoms with E-state index in [2.05, 4.69) is 25.4 Å². The fourth-order valence-corrected chi connectivity index (χ4v) is 3.15. The molecule has 0 radical (unpaired) electrons. The molecule has 4 aromatic heterocycles. The van der Waals surface area contributed by atoms with Gasteiger partial charge in [-0.15, -0.1) is 0 Å². The van der Waals surface area contributed by atoms with Crippen molar-refractivity contribution in [3.63, 3.8) is 0 Å². The molecular formula is C25H26N6O5. The average molecular weight is 491 g/mol. The smallest absolute Gasteiger partial charge is 0.290 e. The number of anilines is 1. The molecule has 0 saturated heterocycles. The number of hydrogen-bond donors (Lipinski definition) is 2. The van der Waals surface area contributed by atoms with Crippen LogP contribution in [0.4, 0.5) is 5.69 Å². The normalized spacial score (nSPS) is 10.2. The number of carboxylic acid groups (broad SMARTS) is 1. The van der Waals surface area contributed by atoms with Crippen LogP contribution in [0.15, 0.2) is 73.3 Å². The summed E-state index contributed by atoms with van der Waals surface area (Å²) in [5.41, 5.74) is 3.66. The number of carbonyl (C=O) groups excluding carboxylic acids is 1. The molecule has 0 aliphatic rings. The van der Waals surface area contributed by atoms with Crippen molar-refractivity contribution >= 4 is 18.1 Å². The molecule has 36 heavy (non-hydrogen) atoms. The van der Waals surface area contributed by atoms with Gasteiger partial charge in [-0.2, -0.15) is 5.10 Å². The lowest BCUT2D eigenvalue weighted by atomic mass is 10.1. The lowest BCUT2D eigenvalue weighted by Gasteiger charge is -2.06. The number of rotatable bonds is 10. The van der Waals surface area contributed by atoms with Crippen LogP contribution >= 0.6 is 0 Å². The topological polar surface area (TPSA) is 141 Å². The molecule has 0 unspecified atom stereocenters. The van der Waals surface area contributed by atoms with Gasteiger partial charge in [-0.25, -0.2) is 4.98 Å². The monoisotopic (exact) mass is 490 g/mol. The Morgan fingerprint density at radius 3 is 2.53 bits per heavy atom. The predicted octanol–water partition coefficient (Wildman–Crippen LogP) is 3.02. The summed E-state index contributed by atoms with van der Waals surface area (Å²) in [5.74, 6) is -0.334. The number of carbonyl (C=O) groups is 2. The fourth-order valence-electron chi connectivity index (χ4n) is 3.15. The highest BCUT2D eigenvalue weighted by Crippen LogP contribution is 2.25. The van der Waals surface area contributed by atoms with E-state index in [4.69, 9.17) is 19.4 Å². The molecule has 1 amide bonds. The van der Waals surface area contributed by atoms with E-state index < -0.39 is 0 Å². The van der Waals surface area contributed by atoms with Crippen molar-refractivity contribution in [1.29, 1.82) is 0 Å². The molecule has 4 aromatic rings. The number of ether oxygens (including phenoxy) is 2. The summed E-state index contributed by atoms with van der Waals surface area (Å²) >= 11 is 0. The van der Waals surface area contributed by atoms with Crippen molar-refractivity contribution in [2.75, 3.05) is 32.2 Å². The first-order valence-electron chi connectivity index (χ1n) is 11.0. The van der Waals surface area contributed by atoms with E-state index >= 15 is 0 Å². The molecule has 0 aliphatic carbocycles. The molecule has 4 rings (SSSR count). The zero-order valence-corrected chi connectivity index (χ0v) is 19.7. The zero-order valence-electron chi connectivity index (χ0n) is 19.7. The van der Waals surface area contributed by atoms with E-state index in [0.29, 0.717) is 54.8 Å². The highest BCUT2D eigenvalue weighted by molar-refractivity contribution is 6.04. The van der Waals surface area contributed by atoms with Gasteiger partial charge in [-0.05, 0) is 36.4 Å². The molecule has 0 spiro atoms. The van der Waals surface area contributed by atoms with Gasteiger partial charge >= 0.3 is 0 Å². The Morgan fingerprint density at radius 1 is 1.03 bits per heavy atom. The van der Waals surface area contributed by atoms with Gasteiger partial charge in [-0.1, -0.05) is 12.1 Å². The minimum Gasteiger partial charge on any atom is -0.483 e. The molecule has 0 fully saturated rings. The first-order valence-corrected chi connectivity index (χ1v) is 11.0. The van der Waals surface area contributed by atoms with Crippen LogP contribution in [0.25, 0.3) is 22.6 Å². The van der Waals surface area contributed by atoms with Crippen LogP contribution in [0.5, 0.6) is 0 Å². The van der Waals surface area contributed by atoms with E-state index in [1.54, 1.807) is 48.7 Å². The summed E-state index contributed by atoms with van der Waals surface area (Å²) in [6.07, 6.45) is 6.84. The standard InChI is InChI=1S/C24H24N6O3.CH2O2/c1-32-15-16-33-14-13-30-17-22(23(29-30)20-5-2-3-10-26-20)28-24(31)21-7-4-6-19(27-21)18-8-11-25-12-9-18;2-1-3/h2-12,17H,13-16H2,1H3,(H,28,31);1H,(H,2,3). The van der Waals surface area contributed by atoms with Crippen LogP contribution in [0.1, 0.15) is 10.5 Å². The van der Waals surface area contributed by atoms with E-state index in [1.807, 2.05) is 36.4 Å². The summed E-state index contributed by atoms with van der Waals surface area (Å²) in [6.45, 7) is 1.78. The van der Waals surface area contributed by atoms with Crippen LogP contribution in [0.2, 0.25) is 0 Å². The van der Waals surface area contributed by atoms with E-state index in [9.17, 15) is 4.79 Å². The zero-order chi connectivity index (χ0) is 25.6. The Morgan fingerprint density at radius 2 is 1.81 bits per heavy atom. The van der Waals surface area contributed by atoms with E-state index in [0.717, 1.165) is 5.56 Å². The quantitative estimate of drug-likeness (QED) is 0.253. The minimum absolute atomic E-state index is 0.250. The Hall–Kier alpha value is -4.48. The second-order valence-corrected chi connectivity index (χ2v) is 7.18. The van der Waals surface area contributed by atoms with Gasteiger partial charge in [0.15, 0.2) is 0 Å². The van der Waals surface area contributed by atoms with Gasteiger partial charge in [0.05, 0.1) is 43.4 Å².